The maximum absolute atomic E-state index is 13.8. The number of Topliss-reactive ketones (excluding diaryl/α,β-unsaturated/α-hetero) is 2. The van der Waals surface area contributed by atoms with E-state index in [1.54, 1.807) is 0 Å². The highest BCUT2D eigenvalue weighted by atomic mass is 16.4. The van der Waals surface area contributed by atoms with Crippen molar-refractivity contribution < 1.29 is 34.8 Å². The molecule has 0 aromatic carbocycles. The number of hydrogen-bond donors (Lipinski definition) is 6. The zero-order valence-electron chi connectivity index (χ0n) is 20.9. The molecule has 0 heterocycles. The number of amides is 1. The van der Waals surface area contributed by atoms with Gasteiger partial charge in [0.15, 0.2) is 0 Å². The summed E-state index contributed by atoms with van der Waals surface area (Å²) in [6, 6.07) is 0.308. The molecular formula is C27H42N2O7. The number of carbonyl (C=O) groups excluding carboxylic acids is 3. The normalized spacial score (nSPS) is 51.1. The lowest BCUT2D eigenvalue weighted by molar-refractivity contribution is -0.247. The highest BCUT2D eigenvalue weighted by Crippen LogP contribution is 2.57. The molecule has 5 fully saturated rings. The van der Waals surface area contributed by atoms with Crippen LogP contribution in [-0.4, -0.2) is 67.9 Å². The van der Waals surface area contributed by atoms with Crippen molar-refractivity contribution in [1.82, 2.24) is 0 Å². The van der Waals surface area contributed by atoms with Gasteiger partial charge in [0.1, 0.15) is 29.2 Å². The van der Waals surface area contributed by atoms with Crippen molar-refractivity contribution in [1.29, 1.82) is 0 Å². The van der Waals surface area contributed by atoms with Crippen molar-refractivity contribution in [3.63, 3.8) is 0 Å². The van der Waals surface area contributed by atoms with Crippen LogP contribution >= 0.6 is 0 Å². The maximum Gasteiger partial charge on any atom is 0.230 e. The van der Waals surface area contributed by atoms with E-state index >= 15 is 0 Å². The minimum Gasteiger partial charge on any atom is -0.392 e. The van der Waals surface area contributed by atoms with Crippen LogP contribution in [0.25, 0.3) is 0 Å². The maximum atomic E-state index is 13.8. The zero-order valence-corrected chi connectivity index (χ0v) is 20.9. The van der Waals surface area contributed by atoms with Gasteiger partial charge >= 0.3 is 0 Å². The fourth-order valence-electron chi connectivity index (χ4n) is 8.86. The number of primary amides is 1. The number of ketones is 2. The van der Waals surface area contributed by atoms with Crippen molar-refractivity contribution in [3.8, 4) is 0 Å². The summed E-state index contributed by atoms with van der Waals surface area (Å²) in [5, 5.41) is 44.6. The van der Waals surface area contributed by atoms with Crippen LogP contribution < -0.4 is 11.5 Å². The lowest BCUT2D eigenvalue weighted by atomic mass is 9.48. The third-order valence-electron chi connectivity index (χ3n) is 10.8. The number of fused-ring (bicyclic) bond motifs is 3. The molecular weight excluding hydrogens is 464 g/mol. The van der Waals surface area contributed by atoms with Crippen LogP contribution in [-0.2, 0) is 14.4 Å². The quantitative estimate of drug-likeness (QED) is 0.289. The van der Waals surface area contributed by atoms with Crippen LogP contribution in [0, 0.1) is 47.3 Å². The minimum absolute atomic E-state index is 0.00863. The van der Waals surface area contributed by atoms with Gasteiger partial charge in [-0.3, -0.25) is 14.4 Å². The molecule has 0 spiro atoms. The summed E-state index contributed by atoms with van der Waals surface area (Å²) in [6.45, 7) is 0. The Hall–Kier alpha value is -1.39. The van der Waals surface area contributed by atoms with Crippen molar-refractivity contribution in [3.05, 3.63) is 0 Å². The van der Waals surface area contributed by atoms with Crippen LogP contribution in [0.4, 0.5) is 0 Å². The third-order valence-corrected chi connectivity index (χ3v) is 10.8. The summed E-state index contributed by atoms with van der Waals surface area (Å²) < 4.78 is 0. The van der Waals surface area contributed by atoms with Gasteiger partial charge in [-0.15, -0.1) is 0 Å². The molecule has 5 saturated carbocycles. The monoisotopic (exact) mass is 506 g/mol. The van der Waals surface area contributed by atoms with E-state index < -0.39 is 59.3 Å². The van der Waals surface area contributed by atoms with E-state index in [2.05, 4.69) is 0 Å². The van der Waals surface area contributed by atoms with E-state index in [1.807, 2.05) is 0 Å². The molecule has 0 saturated heterocycles. The van der Waals surface area contributed by atoms with Crippen LogP contribution in [0.5, 0.6) is 0 Å². The van der Waals surface area contributed by atoms with Crippen molar-refractivity contribution in [2.24, 2.45) is 58.8 Å². The molecule has 11 atom stereocenters. The van der Waals surface area contributed by atoms with Gasteiger partial charge in [0.25, 0.3) is 0 Å². The molecule has 1 amide bonds. The van der Waals surface area contributed by atoms with Gasteiger partial charge in [-0.05, 0) is 81.5 Å². The Balaban J connectivity index is 1.35. The predicted octanol–water partition coefficient (Wildman–Crippen LogP) is 0.0397. The first-order valence-corrected chi connectivity index (χ1v) is 13.9. The highest BCUT2D eigenvalue weighted by Gasteiger charge is 2.67. The highest BCUT2D eigenvalue weighted by molar-refractivity contribution is 6.02. The first-order valence-electron chi connectivity index (χ1n) is 13.9. The number of hydrogen-bond acceptors (Lipinski definition) is 8. The minimum atomic E-state index is -2.17. The number of carbonyl (C=O) groups is 3. The van der Waals surface area contributed by atoms with E-state index in [9.17, 15) is 34.8 Å². The SMILES string of the molecule is NC(=O)C1C(=O)C[C@@H]2C[C@@H]3CC4C(CCC5CCC(N)CC5)CCC(O)C4C(=O)C3C(O)[C@]2(O)C1O. The van der Waals surface area contributed by atoms with Gasteiger partial charge in [-0.2, -0.15) is 0 Å². The van der Waals surface area contributed by atoms with Gasteiger partial charge in [-0.1, -0.05) is 6.42 Å². The summed E-state index contributed by atoms with van der Waals surface area (Å²) in [7, 11) is 0. The Morgan fingerprint density at radius 2 is 1.61 bits per heavy atom. The molecule has 5 aliphatic rings. The van der Waals surface area contributed by atoms with E-state index in [4.69, 9.17) is 11.5 Å². The fraction of sp³-hybridized carbons (Fsp3) is 0.889. The number of aliphatic hydroxyl groups excluding tert-OH is 3. The molecule has 5 rings (SSSR count). The Bertz CT molecular complexity index is 889. The van der Waals surface area contributed by atoms with Gasteiger partial charge in [-0.25, -0.2) is 0 Å². The second-order valence-electron chi connectivity index (χ2n) is 12.6. The molecule has 5 aliphatic carbocycles. The standard InChI is InChI=1S/C27H42N2O7/c28-16-6-2-12(3-7-16)1-4-13-5-8-18(30)21-17(13)10-14-9-15-11-19(31)22(26(29)35)25(34)27(15,36)24(33)20(14)23(21)32/h12-18,20-22,24-25,30,33-34,36H,1-11,28H2,(H2,29,35)/t12?,13?,14-,15+,16?,17?,18?,20?,21?,22?,24?,25?,27+/m1/s1. The fourth-order valence-corrected chi connectivity index (χ4v) is 8.86. The van der Waals surface area contributed by atoms with Gasteiger partial charge in [0.2, 0.25) is 5.91 Å². The smallest absolute Gasteiger partial charge is 0.230 e. The number of aliphatic hydroxyl groups is 4. The molecule has 9 nitrogen and oxygen atoms in total. The number of nitrogens with two attached hydrogens (primary N) is 2. The van der Waals surface area contributed by atoms with Gasteiger partial charge in [0.05, 0.1) is 12.2 Å². The Morgan fingerprint density at radius 1 is 0.917 bits per heavy atom. The average Bonchev–Trinajstić information content (AvgIpc) is 2.81. The summed E-state index contributed by atoms with van der Waals surface area (Å²) in [5.74, 6) is -5.02. The molecule has 0 aromatic heterocycles. The lowest BCUT2D eigenvalue weighted by Crippen LogP contribution is -2.72. The molecule has 8 N–H and O–H groups in total. The van der Waals surface area contributed by atoms with Crippen molar-refractivity contribution in [2.75, 3.05) is 0 Å². The summed E-state index contributed by atoms with van der Waals surface area (Å²) in [5.41, 5.74) is 9.22. The first-order chi connectivity index (χ1) is 17.0. The van der Waals surface area contributed by atoms with Crippen LogP contribution in [0.1, 0.15) is 70.6 Å². The largest absolute Gasteiger partial charge is 0.392 e. The topological polar surface area (TPSA) is 184 Å². The Kier molecular flexibility index (Phi) is 7.09. The average molecular weight is 507 g/mol. The second-order valence-corrected chi connectivity index (χ2v) is 12.6. The Labute approximate surface area is 212 Å². The Morgan fingerprint density at radius 3 is 2.28 bits per heavy atom. The second kappa shape index (κ2) is 9.73. The van der Waals surface area contributed by atoms with Gasteiger partial charge < -0.3 is 31.9 Å². The predicted molar refractivity (Wildman–Crippen MR) is 129 cm³/mol. The number of rotatable bonds is 4. The van der Waals surface area contributed by atoms with Crippen molar-refractivity contribution >= 4 is 17.5 Å². The molecule has 36 heavy (non-hydrogen) atoms. The van der Waals surface area contributed by atoms with Crippen LogP contribution in [0.3, 0.4) is 0 Å². The lowest BCUT2D eigenvalue weighted by Gasteiger charge is -2.59. The summed E-state index contributed by atoms with van der Waals surface area (Å²) in [6.07, 6.45) is 4.42. The molecule has 0 aliphatic heterocycles. The van der Waals surface area contributed by atoms with E-state index in [0.29, 0.717) is 37.1 Å². The molecule has 8 unspecified atom stereocenters. The third kappa shape index (κ3) is 4.15. The molecule has 9 heteroatoms. The zero-order chi connectivity index (χ0) is 25.9. The molecule has 202 valence electrons. The van der Waals surface area contributed by atoms with E-state index in [-0.39, 0.29) is 24.0 Å². The molecule has 0 radical (unpaired) electrons. The molecule has 0 bridgehead atoms. The first kappa shape index (κ1) is 26.2. The van der Waals surface area contributed by atoms with E-state index in [1.165, 1.54) is 0 Å². The van der Waals surface area contributed by atoms with Crippen molar-refractivity contribution in [2.45, 2.75) is 101 Å². The van der Waals surface area contributed by atoms with Crippen LogP contribution in [0.2, 0.25) is 0 Å². The summed E-state index contributed by atoms with van der Waals surface area (Å²) in [4.78, 5) is 38.3. The van der Waals surface area contributed by atoms with E-state index in [0.717, 1.165) is 44.9 Å². The summed E-state index contributed by atoms with van der Waals surface area (Å²) >= 11 is 0. The molecule has 0 aromatic rings. The van der Waals surface area contributed by atoms with Crippen LogP contribution in [0.15, 0.2) is 0 Å². The van der Waals surface area contributed by atoms with Gasteiger partial charge in [0, 0.05) is 30.2 Å².